The number of hydrogen-bond donors (Lipinski definition) is 2. The summed E-state index contributed by atoms with van der Waals surface area (Å²) in [6.07, 6.45) is 0. The summed E-state index contributed by atoms with van der Waals surface area (Å²) in [7, 11) is 7.27. The highest BCUT2D eigenvalue weighted by Crippen LogP contribution is 1.95. The molecule has 0 aliphatic carbocycles. The lowest BCUT2D eigenvalue weighted by molar-refractivity contribution is -0.774. The Morgan fingerprint density at radius 3 is 2.31 bits per heavy atom. The van der Waals surface area contributed by atoms with Crippen molar-refractivity contribution in [3.63, 3.8) is 0 Å². The number of nitrogens with one attached hydrogen (secondary N) is 1. The lowest BCUT2D eigenvalue weighted by Crippen LogP contribution is -2.49. The number of aliphatic imine (C=N–C) groups is 1. The van der Waals surface area contributed by atoms with Gasteiger partial charge in [0.2, 0.25) is 0 Å². The fourth-order valence-electron chi connectivity index (χ4n) is 0.871. The molecule has 0 aromatic rings. The van der Waals surface area contributed by atoms with Gasteiger partial charge in [-0.25, -0.2) is 4.99 Å². The van der Waals surface area contributed by atoms with Gasteiger partial charge in [0.25, 0.3) is 5.84 Å². The van der Waals surface area contributed by atoms with Gasteiger partial charge in [-0.3, -0.25) is 9.28 Å². The largest absolute Gasteiger partial charge is 0.349 e. The van der Waals surface area contributed by atoms with Crippen LogP contribution in [0.15, 0.2) is 4.99 Å². The van der Waals surface area contributed by atoms with Gasteiger partial charge in [-0.05, 0) is 0 Å². The first-order valence-corrected chi connectivity index (χ1v) is 4.22. The molecule has 5 heteroatoms. The van der Waals surface area contributed by atoms with E-state index in [1.807, 2.05) is 21.1 Å². The predicted molar refractivity (Wildman–Crippen MR) is 53.5 cm³/mol. The maximum atomic E-state index is 11.4. The summed E-state index contributed by atoms with van der Waals surface area (Å²) in [6.45, 7) is 0.943. The minimum Gasteiger partial charge on any atom is -0.349 e. The number of carbonyl (C=O) groups is 1. The standard InChI is InChI=1S/C8H18N4O/c1-10-8(13)7(11-6-5-9)12(2,3)4/h5-6,9H2,1-4H3/p+1. The van der Waals surface area contributed by atoms with Crippen LogP contribution in [-0.4, -0.2) is 57.5 Å². The zero-order chi connectivity index (χ0) is 10.5. The van der Waals surface area contributed by atoms with Gasteiger partial charge >= 0.3 is 5.91 Å². The second kappa shape index (κ2) is 4.94. The van der Waals surface area contributed by atoms with Crippen molar-refractivity contribution in [2.45, 2.75) is 0 Å². The molecule has 0 atom stereocenters. The predicted octanol–water partition coefficient (Wildman–Crippen LogP) is -1.20. The molecule has 0 aliphatic heterocycles. The topological polar surface area (TPSA) is 67.5 Å². The van der Waals surface area contributed by atoms with Crippen LogP contribution in [0.4, 0.5) is 0 Å². The van der Waals surface area contributed by atoms with Gasteiger partial charge in [-0.15, -0.1) is 0 Å². The molecule has 76 valence electrons. The Bertz CT molecular complexity index is 205. The summed E-state index contributed by atoms with van der Waals surface area (Å²) >= 11 is 0. The van der Waals surface area contributed by atoms with Crippen LogP contribution < -0.4 is 11.1 Å². The van der Waals surface area contributed by atoms with Gasteiger partial charge < -0.3 is 11.1 Å². The molecule has 0 bridgehead atoms. The van der Waals surface area contributed by atoms with Gasteiger partial charge in [-0.2, -0.15) is 0 Å². The second-order valence-electron chi connectivity index (χ2n) is 3.59. The van der Waals surface area contributed by atoms with Crippen LogP contribution in [0.2, 0.25) is 0 Å². The molecule has 3 N–H and O–H groups in total. The van der Waals surface area contributed by atoms with E-state index in [9.17, 15) is 4.79 Å². The first-order valence-electron chi connectivity index (χ1n) is 4.22. The second-order valence-corrected chi connectivity index (χ2v) is 3.59. The van der Waals surface area contributed by atoms with Crippen molar-refractivity contribution in [2.75, 3.05) is 41.3 Å². The summed E-state index contributed by atoms with van der Waals surface area (Å²) in [5.41, 5.74) is 5.32. The quantitative estimate of drug-likeness (QED) is 0.324. The third kappa shape index (κ3) is 4.00. The van der Waals surface area contributed by atoms with Crippen LogP contribution in [0.1, 0.15) is 0 Å². The lowest BCUT2D eigenvalue weighted by atomic mass is 10.4. The van der Waals surface area contributed by atoms with Crippen LogP contribution in [0.25, 0.3) is 0 Å². The Labute approximate surface area is 79.2 Å². The Kier molecular flexibility index (Phi) is 4.58. The average Bonchev–Trinajstić information content (AvgIpc) is 2.02. The van der Waals surface area contributed by atoms with Crippen LogP contribution >= 0.6 is 0 Å². The van der Waals surface area contributed by atoms with Gasteiger partial charge in [-0.1, -0.05) is 0 Å². The molecule has 0 heterocycles. The van der Waals surface area contributed by atoms with Crippen LogP contribution in [0.5, 0.6) is 0 Å². The number of rotatable bonds is 2. The monoisotopic (exact) mass is 187 g/mol. The van der Waals surface area contributed by atoms with Gasteiger partial charge in [0.05, 0.1) is 27.7 Å². The Balaban J connectivity index is 4.66. The molecule has 1 amide bonds. The molecule has 0 fully saturated rings. The van der Waals surface area contributed by atoms with Crippen molar-refractivity contribution in [1.29, 1.82) is 0 Å². The third-order valence-electron chi connectivity index (χ3n) is 1.46. The SMILES string of the molecule is CNC(=O)C(=NCCN)[N+](C)(C)C. The molecule has 0 spiro atoms. The molecule has 0 aromatic carbocycles. The van der Waals surface area contributed by atoms with Crippen LogP contribution in [0.3, 0.4) is 0 Å². The number of quaternary nitrogens is 1. The van der Waals surface area contributed by atoms with E-state index in [0.717, 1.165) is 0 Å². The first kappa shape index (κ1) is 12.1. The number of nitrogens with two attached hydrogens (primary N) is 1. The molecule has 5 nitrogen and oxygen atoms in total. The van der Waals surface area contributed by atoms with E-state index in [0.29, 0.717) is 23.4 Å². The summed E-state index contributed by atoms with van der Waals surface area (Å²) in [5.74, 6) is 0.342. The fourth-order valence-corrected chi connectivity index (χ4v) is 0.871. The number of nitrogens with zero attached hydrogens (tertiary/aromatic N) is 2. The van der Waals surface area contributed by atoms with E-state index in [4.69, 9.17) is 5.73 Å². The van der Waals surface area contributed by atoms with E-state index >= 15 is 0 Å². The fraction of sp³-hybridized carbons (Fsp3) is 0.750. The van der Waals surface area contributed by atoms with Crippen molar-refractivity contribution in [3.8, 4) is 0 Å². The number of amides is 1. The van der Waals surface area contributed by atoms with Crippen LogP contribution in [0, 0.1) is 0 Å². The van der Waals surface area contributed by atoms with E-state index in [-0.39, 0.29) is 5.91 Å². The molecule has 0 saturated carbocycles. The van der Waals surface area contributed by atoms with Crippen molar-refractivity contribution in [2.24, 2.45) is 10.7 Å². The van der Waals surface area contributed by atoms with Gasteiger partial charge in [0.1, 0.15) is 0 Å². The van der Waals surface area contributed by atoms with Gasteiger partial charge in [0.15, 0.2) is 0 Å². The molecule has 0 aliphatic rings. The number of likely N-dealkylation sites (N-methyl/N-ethyl adjacent to an activating group) is 2. The van der Waals surface area contributed by atoms with E-state index < -0.39 is 0 Å². The minimum absolute atomic E-state index is 0.152. The Morgan fingerprint density at radius 1 is 1.46 bits per heavy atom. The average molecular weight is 187 g/mol. The number of hydrogen-bond acceptors (Lipinski definition) is 3. The Morgan fingerprint density at radius 2 is 2.00 bits per heavy atom. The number of amidine groups is 1. The molecule has 0 rings (SSSR count). The molecule has 0 aromatic heterocycles. The summed E-state index contributed by atoms with van der Waals surface area (Å²) in [5, 5.41) is 2.55. The number of carbonyl (C=O) groups excluding carboxylic acids is 1. The molecule has 0 unspecified atom stereocenters. The summed E-state index contributed by atoms with van der Waals surface area (Å²) in [4.78, 5) is 15.5. The highest BCUT2D eigenvalue weighted by atomic mass is 16.2. The van der Waals surface area contributed by atoms with Gasteiger partial charge in [0, 0.05) is 13.6 Å². The maximum absolute atomic E-state index is 11.4. The summed E-state index contributed by atoms with van der Waals surface area (Å²) in [6, 6.07) is 0. The maximum Gasteiger partial charge on any atom is 0.325 e. The normalized spacial score (nSPS) is 12.8. The molecule has 13 heavy (non-hydrogen) atoms. The van der Waals surface area contributed by atoms with Crippen LogP contribution in [-0.2, 0) is 4.79 Å². The summed E-state index contributed by atoms with van der Waals surface area (Å²) < 4.78 is 0.402. The smallest absolute Gasteiger partial charge is 0.325 e. The Hall–Kier alpha value is -0.940. The van der Waals surface area contributed by atoms with Crippen molar-refractivity contribution < 1.29 is 9.28 Å². The molecule has 0 saturated heterocycles. The van der Waals surface area contributed by atoms with Crippen molar-refractivity contribution >= 4 is 11.7 Å². The first-order chi connectivity index (χ1) is 5.93. The highest BCUT2D eigenvalue weighted by Gasteiger charge is 2.25. The van der Waals surface area contributed by atoms with E-state index in [1.54, 1.807) is 7.05 Å². The zero-order valence-corrected chi connectivity index (χ0v) is 8.79. The van der Waals surface area contributed by atoms with E-state index in [2.05, 4.69) is 10.3 Å². The molecular formula is C8H19N4O+. The van der Waals surface area contributed by atoms with Crippen molar-refractivity contribution in [1.82, 2.24) is 5.32 Å². The zero-order valence-electron chi connectivity index (χ0n) is 8.79. The van der Waals surface area contributed by atoms with Crippen molar-refractivity contribution in [3.05, 3.63) is 0 Å². The van der Waals surface area contributed by atoms with E-state index in [1.165, 1.54) is 0 Å². The molecular weight excluding hydrogens is 168 g/mol. The minimum atomic E-state index is -0.152. The third-order valence-corrected chi connectivity index (χ3v) is 1.46. The lowest BCUT2D eigenvalue weighted by Gasteiger charge is -2.23. The molecule has 0 radical (unpaired) electrons. The highest BCUT2D eigenvalue weighted by molar-refractivity contribution is 6.34.